The molecule has 2 aromatic rings. The van der Waals surface area contributed by atoms with Crippen molar-refractivity contribution in [2.24, 2.45) is 5.73 Å². The number of ether oxygens (including phenoxy) is 1. The molecule has 1 aromatic heterocycles. The highest BCUT2D eigenvalue weighted by atomic mass is 16.5. The second kappa shape index (κ2) is 11.5. The first-order valence-corrected chi connectivity index (χ1v) is 13.6. The molecule has 3 N–H and O–H groups in total. The van der Waals surface area contributed by atoms with Crippen LogP contribution in [0.25, 0.3) is 10.9 Å². The molecule has 3 atom stereocenters. The zero-order valence-corrected chi connectivity index (χ0v) is 22.0. The van der Waals surface area contributed by atoms with Gasteiger partial charge in [0.2, 0.25) is 5.91 Å². The van der Waals surface area contributed by atoms with Crippen molar-refractivity contribution < 1.29 is 14.3 Å². The van der Waals surface area contributed by atoms with E-state index in [0.717, 1.165) is 74.6 Å². The summed E-state index contributed by atoms with van der Waals surface area (Å²) in [6, 6.07) is 7.81. The van der Waals surface area contributed by atoms with Crippen LogP contribution in [-0.2, 0) is 27.3 Å². The minimum atomic E-state index is -0.345. The van der Waals surface area contributed by atoms with Crippen LogP contribution in [0.4, 0.5) is 0 Å². The van der Waals surface area contributed by atoms with E-state index in [-0.39, 0.29) is 35.8 Å². The summed E-state index contributed by atoms with van der Waals surface area (Å²) >= 11 is 0. The molecule has 1 aromatic carbocycles. The first-order valence-electron chi connectivity index (χ1n) is 13.6. The fourth-order valence-electron chi connectivity index (χ4n) is 6.19. The number of amides is 1. The van der Waals surface area contributed by atoms with E-state index in [0.29, 0.717) is 13.0 Å². The number of fused-ring (bicyclic) bond motifs is 1. The van der Waals surface area contributed by atoms with Crippen LogP contribution in [0.2, 0.25) is 0 Å². The summed E-state index contributed by atoms with van der Waals surface area (Å²) in [5.41, 5.74) is 8.81. The summed E-state index contributed by atoms with van der Waals surface area (Å²) in [7, 11) is 0. The summed E-state index contributed by atoms with van der Waals surface area (Å²) in [5, 5.41) is 8.93. The molecule has 1 amide bonds. The van der Waals surface area contributed by atoms with Gasteiger partial charge < -0.3 is 19.9 Å². The fourth-order valence-corrected chi connectivity index (χ4v) is 6.19. The van der Waals surface area contributed by atoms with Crippen molar-refractivity contribution in [3.05, 3.63) is 35.5 Å². The number of benzene rings is 1. The molecular weight excluding hydrogens is 454 g/mol. The number of nitrogens with two attached hydrogens (primary N) is 1. The van der Waals surface area contributed by atoms with Gasteiger partial charge in [0.15, 0.2) is 0 Å². The smallest absolute Gasteiger partial charge is 0.323 e. The van der Waals surface area contributed by atoms with Gasteiger partial charge in [-0.2, -0.15) is 0 Å². The molecule has 0 aliphatic carbocycles. The predicted octanol–water partition coefficient (Wildman–Crippen LogP) is 3.67. The van der Waals surface area contributed by atoms with Crippen LogP contribution in [0, 0.1) is 5.41 Å². The third-order valence-corrected chi connectivity index (χ3v) is 7.94. The van der Waals surface area contributed by atoms with Crippen molar-refractivity contribution >= 4 is 28.6 Å². The van der Waals surface area contributed by atoms with Crippen molar-refractivity contribution in [1.29, 1.82) is 5.41 Å². The Morgan fingerprint density at radius 2 is 1.92 bits per heavy atom. The molecule has 2 aliphatic rings. The summed E-state index contributed by atoms with van der Waals surface area (Å²) in [6.45, 7) is 8.72. The number of nitrogen functional groups attached to an aromatic ring is 1. The molecular formula is C28H41N5O3. The lowest BCUT2D eigenvalue weighted by atomic mass is 10.0. The summed E-state index contributed by atoms with van der Waals surface area (Å²) in [4.78, 5) is 30.5. The highest BCUT2D eigenvalue weighted by Gasteiger charge is 2.42. The molecule has 36 heavy (non-hydrogen) atoms. The maximum Gasteiger partial charge on any atom is 0.323 e. The van der Waals surface area contributed by atoms with Gasteiger partial charge in [-0.05, 0) is 82.9 Å². The number of aryl methyl sites for hydroxylation is 2. The minimum Gasteiger partial charge on any atom is -0.465 e. The van der Waals surface area contributed by atoms with Crippen LogP contribution >= 0.6 is 0 Å². The average molecular weight is 496 g/mol. The standard InChI is InChI=1S/C28H41N5O3/c1-4-23(28(35)36-6-3)33-16-8-10-24(33)27(34)32-15-7-9-21(32)13-14-22-17-19-11-12-20(26(29)30)18-25(19)31(22)5-2/h11-12,17-18,21,23-24H,4-10,13-16H2,1-3H3,(H3,29,30)/t21-,23?,24+/m0/s1. The van der Waals surface area contributed by atoms with Gasteiger partial charge in [-0.15, -0.1) is 0 Å². The van der Waals surface area contributed by atoms with Crippen LogP contribution in [-0.4, -0.2) is 69.9 Å². The summed E-state index contributed by atoms with van der Waals surface area (Å²) < 4.78 is 7.61. The Morgan fingerprint density at radius 3 is 2.61 bits per heavy atom. The van der Waals surface area contributed by atoms with Crippen molar-refractivity contribution in [3.8, 4) is 0 Å². The second-order valence-electron chi connectivity index (χ2n) is 10.0. The maximum absolute atomic E-state index is 13.7. The highest BCUT2D eigenvalue weighted by molar-refractivity contribution is 5.98. The Kier molecular flexibility index (Phi) is 8.34. The van der Waals surface area contributed by atoms with E-state index < -0.39 is 0 Å². The maximum atomic E-state index is 13.7. The lowest BCUT2D eigenvalue weighted by Gasteiger charge is -2.34. The Labute approximate surface area is 214 Å². The van der Waals surface area contributed by atoms with Gasteiger partial charge in [0, 0.05) is 35.9 Å². The van der Waals surface area contributed by atoms with Gasteiger partial charge in [0.05, 0.1) is 12.6 Å². The molecule has 2 fully saturated rings. The lowest BCUT2D eigenvalue weighted by Crippen LogP contribution is -2.52. The number of carbonyl (C=O) groups excluding carboxylic acids is 2. The van der Waals surface area contributed by atoms with Gasteiger partial charge in [-0.1, -0.05) is 19.1 Å². The molecule has 3 heterocycles. The first kappa shape index (κ1) is 26.2. The number of rotatable bonds is 10. The van der Waals surface area contributed by atoms with Crippen LogP contribution in [0.1, 0.15) is 70.6 Å². The van der Waals surface area contributed by atoms with Gasteiger partial charge in [0.25, 0.3) is 0 Å². The monoisotopic (exact) mass is 495 g/mol. The third kappa shape index (κ3) is 5.14. The molecule has 1 unspecified atom stereocenters. The van der Waals surface area contributed by atoms with Gasteiger partial charge in [0.1, 0.15) is 11.9 Å². The van der Waals surface area contributed by atoms with Crippen LogP contribution in [0.5, 0.6) is 0 Å². The van der Waals surface area contributed by atoms with Crippen molar-refractivity contribution in [1.82, 2.24) is 14.4 Å². The molecule has 8 nitrogen and oxygen atoms in total. The van der Waals surface area contributed by atoms with E-state index in [9.17, 15) is 9.59 Å². The number of amidine groups is 1. The molecule has 2 saturated heterocycles. The molecule has 4 rings (SSSR count). The Balaban J connectivity index is 1.47. The number of aromatic nitrogens is 1. The minimum absolute atomic E-state index is 0.0802. The quantitative estimate of drug-likeness (QED) is 0.297. The average Bonchev–Trinajstić information content (AvgIpc) is 3.60. The first-order chi connectivity index (χ1) is 17.4. The van der Waals surface area contributed by atoms with Crippen molar-refractivity contribution in [2.45, 2.75) is 90.4 Å². The number of hydrogen-bond acceptors (Lipinski definition) is 5. The number of hydrogen-bond donors (Lipinski definition) is 2. The molecule has 0 saturated carbocycles. The van der Waals surface area contributed by atoms with Crippen LogP contribution < -0.4 is 5.73 Å². The predicted molar refractivity (Wildman–Crippen MR) is 142 cm³/mol. The van der Waals surface area contributed by atoms with Gasteiger partial charge in [-0.3, -0.25) is 19.9 Å². The zero-order chi connectivity index (χ0) is 25.8. The van der Waals surface area contributed by atoms with Gasteiger partial charge >= 0.3 is 5.97 Å². The van der Waals surface area contributed by atoms with Crippen molar-refractivity contribution in [2.75, 3.05) is 19.7 Å². The number of esters is 1. The number of nitrogens with one attached hydrogen (secondary N) is 1. The largest absolute Gasteiger partial charge is 0.465 e. The number of nitrogens with zero attached hydrogens (tertiary/aromatic N) is 3. The normalized spacial score (nSPS) is 21.2. The Morgan fingerprint density at radius 1 is 1.14 bits per heavy atom. The molecule has 2 aliphatic heterocycles. The SMILES string of the molecule is CCOC(=O)C(CC)N1CCC[C@@H]1C(=O)N1CCC[C@H]1CCc1cc2ccc(C(=N)N)cc2n1CC. The molecule has 0 bridgehead atoms. The summed E-state index contributed by atoms with van der Waals surface area (Å²) in [5.74, 6) is 0.0505. The number of carbonyl (C=O) groups is 2. The van der Waals surface area contributed by atoms with E-state index in [1.54, 1.807) is 0 Å². The molecule has 8 heteroatoms. The Hall–Kier alpha value is -2.87. The Bertz CT molecular complexity index is 1110. The van der Waals surface area contributed by atoms with Crippen LogP contribution in [0.3, 0.4) is 0 Å². The third-order valence-electron chi connectivity index (χ3n) is 7.94. The highest BCUT2D eigenvalue weighted by Crippen LogP contribution is 2.30. The van der Waals surface area contributed by atoms with E-state index in [2.05, 4.69) is 27.4 Å². The van der Waals surface area contributed by atoms with Gasteiger partial charge in [-0.25, -0.2) is 0 Å². The lowest BCUT2D eigenvalue weighted by molar-refractivity contribution is -0.152. The van der Waals surface area contributed by atoms with E-state index in [4.69, 9.17) is 15.9 Å². The topological polar surface area (TPSA) is 105 Å². The van der Waals surface area contributed by atoms with E-state index in [1.807, 2.05) is 32.0 Å². The fraction of sp³-hybridized carbons (Fsp3) is 0.607. The molecule has 0 spiro atoms. The van der Waals surface area contributed by atoms with E-state index >= 15 is 0 Å². The molecule has 196 valence electrons. The van der Waals surface area contributed by atoms with Crippen LogP contribution in [0.15, 0.2) is 24.3 Å². The molecule has 0 radical (unpaired) electrons. The van der Waals surface area contributed by atoms with E-state index in [1.165, 1.54) is 5.69 Å². The zero-order valence-electron chi connectivity index (χ0n) is 22.0. The second-order valence-corrected chi connectivity index (χ2v) is 10.0. The summed E-state index contributed by atoms with van der Waals surface area (Å²) in [6.07, 6.45) is 6.25. The number of likely N-dealkylation sites (tertiary alicyclic amines) is 2. The van der Waals surface area contributed by atoms with Crippen molar-refractivity contribution in [3.63, 3.8) is 0 Å².